The lowest BCUT2D eigenvalue weighted by molar-refractivity contribution is -0.118. The quantitative estimate of drug-likeness (QED) is 0.858. The third kappa shape index (κ3) is 4.24. The van der Waals surface area contributed by atoms with Gasteiger partial charge in [-0.1, -0.05) is 19.9 Å². The monoisotopic (exact) mass is 263 g/mol. The lowest BCUT2D eigenvalue weighted by Crippen LogP contribution is -2.39. The lowest BCUT2D eigenvalue weighted by atomic mass is 10.0. The molecule has 106 valence electrons. The molecule has 1 aromatic rings. The first-order chi connectivity index (χ1) is 8.82. The molecule has 1 amide bonds. The summed E-state index contributed by atoms with van der Waals surface area (Å²) in [6.07, 6.45) is 0. The van der Waals surface area contributed by atoms with Gasteiger partial charge in [0.25, 0.3) is 0 Å². The fourth-order valence-corrected chi connectivity index (χ4v) is 1.63. The molecule has 0 radical (unpaired) electrons. The van der Waals surface area contributed by atoms with Gasteiger partial charge in [0.1, 0.15) is 0 Å². The maximum atomic E-state index is 11.9. The van der Waals surface area contributed by atoms with E-state index in [-0.39, 0.29) is 11.8 Å². The van der Waals surface area contributed by atoms with Gasteiger partial charge in [-0.2, -0.15) is 0 Å². The fraction of sp³-hybridized carbons (Fsp3) is 0.533. The van der Waals surface area contributed by atoms with Crippen molar-refractivity contribution in [3.8, 4) is 0 Å². The Labute approximate surface area is 116 Å². The van der Waals surface area contributed by atoms with Gasteiger partial charge in [-0.25, -0.2) is 0 Å². The molecule has 4 nitrogen and oxygen atoms in total. The molecule has 0 saturated carbocycles. The summed E-state index contributed by atoms with van der Waals surface area (Å²) in [6.45, 7) is 8.13. The van der Waals surface area contributed by atoms with Crippen molar-refractivity contribution in [2.75, 3.05) is 17.3 Å². The second-order valence-electron chi connectivity index (χ2n) is 5.51. The summed E-state index contributed by atoms with van der Waals surface area (Å²) in [6, 6.07) is 7.73. The van der Waals surface area contributed by atoms with E-state index in [2.05, 4.69) is 24.1 Å². The van der Waals surface area contributed by atoms with Crippen molar-refractivity contribution in [2.24, 2.45) is 11.7 Å². The minimum absolute atomic E-state index is 0.126. The van der Waals surface area contributed by atoms with Gasteiger partial charge in [-0.3, -0.25) is 4.79 Å². The molecule has 0 unspecified atom stereocenters. The molecular formula is C15H25N3O. The third-order valence-electron chi connectivity index (χ3n) is 3.32. The number of anilines is 2. The number of carbonyl (C=O) groups excluding carboxylic acids is 1. The minimum Gasteiger partial charge on any atom is -0.372 e. The smallest absolute Gasteiger partial charge is 0.241 e. The number of rotatable bonds is 5. The summed E-state index contributed by atoms with van der Waals surface area (Å²) in [7, 11) is 2.03. The number of carbonyl (C=O) groups is 1. The first-order valence-electron chi connectivity index (χ1n) is 6.72. The number of benzene rings is 1. The molecule has 1 aromatic carbocycles. The van der Waals surface area contributed by atoms with Crippen LogP contribution in [0.4, 0.5) is 11.4 Å². The zero-order chi connectivity index (χ0) is 14.6. The topological polar surface area (TPSA) is 58.4 Å². The fourth-order valence-electron chi connectivity index (χ4n) is 1.63. The largest absolute Gasteiger partial charge is 0.372 e. The van der Waals surface area contributed by atoms with Crippen molar-refractivity contribution in [3.63, 3.8) is 0 Å². The van der Waals surface area contributed by atoms with Gasteiger partial charge in [0, 0.05) is 24.5 Å². The summed E-state index contributed by atoms with van der Waals surface area (Å²) in [5, 5.41) is 2.87. The van der Waals surface area contributed by atoms with Crippen LogP contribution in [-0.2, 0) is 4.79 Å². The Bertz CT molecular complexity index is 429. The summed E-state index contributed by atoms with van der Waals surface area (Å²) >= 11 is 0. The summed E-state index contributed by atoms with van der Waals surface area (Å²) in [5.41, 5.74) is 7.69. The molecule has 1 atom stereocenters. The first kappa shape index (κ1) is 15.5. The molecule has 4 heteroatoms. The van der Waals surface area contributed by atoms with Gasteiger partial charge < -0.3 is 16.0 Å². The predicted octanol–water partition coefficient (Wildman–Crippen LogP) is 2.45. The van der Waals surface area contributed by atoms with E-state index in [1.165, 1.54) is 0 Å². The van der Waals surface area contributed by atoms with Crippen LogP contribution in [-0.4, -0.2) is 25.0 Å². The van der Waals surface area contributed by atoms with Crippen molar-refractivity contribution in [2.45, 2.75) is 39.8 Å². The van der Waals surface area contributed by atoms with Crippen LogP contribution in [0.3, 0.4) is 0 Å². The standard InChI is InChI=1S/C15H25N3O/c1-10(2)14(16)15(19)17-12-7-6-8-13(9-12)18(5)11(3)4/h6-11,14H,16H2,1-5H3,(H,17,19)/t14-/m0/s1. The Morgan fingerprint density at radius 3 is 2.42 bits per heavy atom. The van der Waals surface area contributed by atoms with Crippen molar-refractivity contribution in [3.05, 3.63) is 24.3 Å². The van der Waals surface area contributed by atoms with Crippen LogP contribution in [0.5, 0.6) is 0 Å². The van der Waals surface area contributed by atoms with Gasteiger partial charge in [-0.15, -0.1) is 0 Å². The number of nitrogens with two attached hydrogens (primary N) is 1. The van der Waals surface area contributed by atoms with E-state index in [1.807, 2.05) is 45.2 Å². The van der Waals surface area contributed by atoms with Crippen LogP contribution >= 0.6 is 0 Å². The van der Waals surface area contributed by atoms with Crippen molar-refractivity contribution < 1.29 is 4.79 Å². The summed E-state index contributed by atoms with van der Waals surface area (Å²) in [5.74, 6) is -0.0131. The molecule has 0 heterocycles. The summed E-state index contributed by atoms with van der Waals surface area (Å²) in [4.78, 5) is 14.1. The Hall–Kier alpha value is -1.55. The highest BCUT2D eigenvalue weighted by Crippen LogP contribution is 2.20. The van der Waals surface area contributed by atoms with Crippen molar-refractivity contribution >= 4 is 17.3 Å². The Kier molecular flexibility index (Phi) is 5.36. The molecule has 0 aliphatic heterocycles. The molecule has 3 N–H and O–H groups in total. The van der Waals surface area contributed by atoms with Gasteiger partial charge in [-0.05, 0) is 38.0 Å². The molecule has 0 aromatic heterocycles. The van der Waals surface area contributed by atoms with Crippen molar-refractivity contribution in [1.29, 1.82) is 0 Å². The SMILES string of the molecule is CC(C)[C@H](N)C(=O)Nc1cccc(N(C)C(C)C)c1. The second kappa shape index (κ2) is 6.57. The van der Waals surface area contributed by atoms with Crippen LogP contribution in [0.2, 0.25) is 0 Å². The second-order valence-corrected chi connectivity index (χ2v) is 5.51. The molecule has 0 fully saturated rings. The highest BCUT2D eigenvalue weighted by molar-refractivity contribution is 5.95. The number of amides is 1. The molecular weight excluding hydrogens is 238 g/mol. The number of nitrogens with one attached hydrogen (secondary N) is 1. The average Bonchev–Trinajstić information content (AvgIpc) is 2.36. The van der Waals surface area contributed by atoms with Gasteiger partial charge in [0.2, 0.25) is 5.91 Å². The first-order valence-corrected chi connectivity index (χ1v) is 6.72. The van der Waals surface area contributed by atoms with E-state index in [0.29, 0.717) is 6.04 Å². The van der Waals surface area contributed by atoms with E-state index in [1.54, 1.807) is 0 Å². The minimum atomic E-state index is -0.480. The Balaban J connectivity index is 2.80. The third-order valence-corrected chi connectivity index (χ3v) is 3.32. The van der Waals surface area contributed by atoms with E-state index >= 15 is 0 Å². The van der Waals surface area contributed by atoms with E-state index < -0.39 is 6.04 Å². The molecule has 0 aliphatic carbocycles. The number of hydrogen-bond acceptors (Lipinski definition) is 3. The van der Waals surface area contributed by atoms with Gasteiger partial charge in [0.15, 0.2) is 0 Å². The molecule has 19 heavy (non-hydrogen) atoms. The number of nitrogens with zero attached hydrogens (tertiary/aromatic N) is 1. The molecule has 0 aliphatic rings. The van der Waals surface area contributed by atoms with Crippen LogP contribution in [0.25, 0.3) is 0 Å². The molecule has 1 rings (SSSR count). The normalized spacial score (nSPS) is 12.6. The molecule has 0 bridgehead atoms. The highest BCUT2D eigenvalue weighted by atomic mass is 16.2. The zero-order valence-electron chi connectivity index (χ0n) is 12.5. The lowest BCUT2D eigenvalue weighted by Gasteiger charge is -2.24. The van der Waals surface area contributed by atoms with Crippen molar-refractivity contribution in [1.82, 2.24) is 0 Å². The van der Waals surface area contributed by atoms with Crippen LogP contribution in [0.1, 0.15) is 27.7 Å². The zero-order valence-corrected chi connectivity index (χ0v) is 12.5. The van der Waals surface area contributed by atoms with Crippen LogP contribution < -0.4 is 16.0 Å². The molecule has 0 spiro atoms. The maximum Gasteiger partial charge on any atom is 0.241 e. The molecule has 0 saturated heterocycles. The number of hydrogen-bond donors (Lipinski definition) is 2. The van der Waals surface area contributed by atoms with Crippen LogP contribution in [0, 0.1) is 5.92 Å². The van der Waals surface area contributed by atoms with Crippen LogP contribution in [0.15, 0.2) is 24.3 Å². The summed E-state index contributed by atoms with van der Waals surface area (Å²) < 4.78 is 0. The van der Waals surface area contributed by atoms with E-state index in [0.717, 1.165) is 11.4 Å². The average molecular weight is 263 g/mol. The highest BCUT2D eigenvalue weighted by Gasteiger charge is 2.17. The van der Waals surface area contributed by atoms with Gasteiger partial charge in [0.05, 0.1) is 6.04 Å². The van der Waals surface area contributed by atoms with E-state index in [4.69, 9.17) is 5.73 Å². The van der Waals surface area contributed by atoms with E-state index in [9.17, 15) is 4.79 Å². The van der Waals surface area contributed by atoms with Gasteiger partial charge >= 0.3 is 0 Å². The Morgan fingerprint density at radius 2 is 1.89 bits per heavy atom. The Morgan fingerprint density at radius 1 is 1.26 bits per heavy atom. The maximum absolute atomic E-state index is 11.9. The predicted molar refractivity (Wildman–Crippen MR) is 81.4 cm³/mol.